The number of aliphatic hydroxyl groups excluding tert-OH is 1. The first-order valence-electron chi connectivity index (χ1n) is 12.7. The van der Waals surface area contributed by atoms with Crippen LogP contribution in [0.2, 0.25) is 0 Å². The number of hydrogen-bond donors (Lipinski definition) is 2. The number of aromatic nitrogens is 2. The van der Waals surface area contributed by atoms with E-state index in [9.17, 15) is 24.6 Å². The van der Waals surface area contributed by atoms with Gasteiger partial charge in [0.25, 0.3) is 5.91 Å². The molecule has 0 saturated heterocycles. The Labute approximate surface area is 244 Å². The maximum atomic E-state index is 14.3. The minimum Gasteiger partial charge on any atom is -0.488 e. The Balaban J connectivity index is 1.82. The Kier molecular flexibility index (Phi) is 9.53. The number of benzene rings is 2. The molecule has 0 spiro atoms. The van der Waals surface area contributed by atoms with Crippen LogP contribution in [0.3, 0.4) is 0 Å². The number of allylic oxidation sites excluding steroid dienone is 1. The summed E-state index contributed by atoms with van der Waals surface area (Å²) in [5, 5.41) is 36.8. The fourth-order valence-corrected chi connectivity index (χ4v) is 4.63. The van der Waals surface area contributed by atoms with Crippen molar-refractivity contribution < 1.29 is 24.0 Å². The van der Waals surface area contributed by atoms with Gasteiger partial charge >= 0.3 is 5.00 Å². The molecule has 42 heavy (non-hydrogen) atoms. The molecule has 0 bridgehead atoms. The van der Waals surface area contributed by atoms with Crippen LogP contribution in [0.5, 0.6) is 5.75 Å². The van der Waals surface area contributed by atoms with Crippen molar-refractivity contribution in [1.29, 1.82) is 5.26 Å². The van der Waals surface area contributed by atoms with Gasteiger partial charge in [0.05, 0.1) is 45.5 Å². The second kappa shape index (κ2) is 13.4. The lowest BCUT2D eigenvalue weighted by molar-refractivity contribution is -0.380. The molecular weight excluding hydrogens is 563 g/mol. The number of nitrogens with one attached hydrogen (secondary N) is 1. The average Bonchev–Trinajstić information content (AvgIpc) is 3.65. The normalized spacial score (nSPS) is 11.7. The van der Waals surface area contributed by atoms with Gasteiger partial charge in [-0.2, -0.15) is 10.4 Å². The maximum absolute atomic E-state index is 14.3. The van der Waals surface area contributed by atoms with Gasteiger partial charge in [-0.3, -0.25) is 14.9 Å². The van der Waals surface area contributed by atoms with Gasteiger partial charge in [0, 0.05) is 17.5 Å². The molecule has 1 amide bonds. The summed E-state index contributed by atoms with van der Waals surface area (Å²) in [4.78, 5) is 28.6. The molecule has 13 heteroatoms. The Hall–Kier alpha value is -5.19. The highest BCUT2D eigenvalue weighted by Gasteiger charge is 2.21. The molecule has 2 heterocycles. The number of aliphatic hydroxyl groups is 1. The van der Waals surface area contributed by atoms with Crippen molar-refractivity contribution in [2.24, 2.45) is 4.99 Å². The van der Waals surface area contributed by atoms with Crippen molar-refractivity contribution in [3.8, 4) is 17.5 Å². The van der Waals surface area contributed by atoms with Crippen LogP contribution in [-0.2, 0) is 0 Å². The van der Waals surface area contributed by atoms with Crippen LogP contribution in [0.4, 0.5) is 15.2 Å². The highest BCUT2D eigenvalue weighted by Crippen LogP contribution is 2.31. The summed E-state index contributed by atoms with van der Waals surface area (Å²) >= 11 is 0.755. The Morgan fingerprint density at radius 1 is 1.31 bits per heavy atom. The van der Waals surface area contributed by atoms with Gasteiger partial charge in [-0.25, -0.2) is 14.1 Å². The van der Waals surface area contributed by atoms with Crippen molar-refractivity contribution >= 4 is 39.5 Å². The first-order valence-corrected chi connectivity index (χ1v) is 13.5. The third kappa shape index (κ3) is 6.74. The van der Waals surface area contributed by atoms with Gasteiger partial charge < -0.3 is 15.2 Å². The summed E-state index contributed by atoms with van der Waals surface area (Å²) in [6.07, 6.45) is 3.81. The molecule has 0 aliphatic carbocycles. The monoisotopic (exact) mass is 588 g/mol. The lowest BCUT2D eigenvalue weighted by Gasteiger charge is -2.12. The van der Waals surface area contributed by atoms with Crippen LogP contribution < -0.4 is 10.1 Å². The standard InChI is InChI=1S/C29H25FN6O5S/c1-3-5-24(34-29(38)26-10-11-27(42-26)36(39)40)22-17-32-35(21-7-4-6-19(14-21)16-31)28(22)33-18(2)20-8-9-23(30)25(15-20)41-13-12-37/h4-11,14-15,17,37H,3,12-13H2,1-2H3,(H,34,38)/b24-5-,33-18+. The summed E-state index contributed by atoms with van der Waals surface area (Å²) in [5.74, 6) is -0.871. The molecule has 2 aromatic carbocycles. The lowest BCUT2D eigenvalue weighted by atomic mass is 10.1. The number of halogens is 1. The molecular formula is C29H25FN6O5S. The Bertz CT molecular complexity index is 1740. The van der Waals surface area contributed by atoms with Gasteiger partial charge in [0.1, 0.15) is 6.61 Å². The van der Waals surface area contributed by atoms with Crippen LogP contribution in [0.1, 0.15) is 46.6 Å². The largest absolute Gasteiger partial charge is 0.488 e. The predicted molar refractivity (Wildman–Crippen MR) is 156 cm³/mol. The van der Waals surface area contributed by atoms with Crippen LogP contribution in [0.15, 0.2) is 71.9 Å². The number of nitriles is 1. The molecule has 0 fully saturated rings. The van der Waals surface area contributed by atoms with E-state index >= 15 is 0 Å². The lowest BCUT2D eigenvalue weighted by Crippen LogP contribution is -2.21. The van der Waals surface area contributed by atoms with Crippen molar-refractivity contribution in [1.82, 2.24) is 15.1 Å². The van der Waals surface area contributed by atoms with E-state index in [0.29, 0.717) is 46.0 Å². The van der Waals surface area contributed by atoms with Gasteiger partial charge in [-0.1, -0.05) is 30.4 Å². The molecule has 2 aromatic heterocycles. The van der Waals surface area contributed by atoms with Gasteiger partial charge in [0.15, 0.2) is 17.4 Å². The molecule has 0 saturated carbocycles. The molecule has 0 unspecified atom stereocenters. The van der Waals surface area contributed by atoms with Crippen molar-refractivity contribution in [2.45, 2.75) is 20.3 Å². The summed E-state index contributed by atoms with van der Waals surface area (Å²) in [6.45, 7) is 3.23. The Morgan fingerprint density at radius 3 is 2.81 bits per heavy atom. The second-order valence-corrected chi connectivity index (χ2v) is 9.81. The van der Waals surface area contributed by atoms with E-state index in [0.717, 1.165) is 11.3 Å². The van der Waals surface area contributed by atoms with E-state index in [4.69, 9.17) is 14.8 Å². The minimum absolute atomic E-state index is 0.0459. The molecule has 4 aromatic rings. The predicted octanol–water partition coefficient (Wildman–Crippen LogP) is 5.55. The topological polar surface area (TPSA) is 156 Å². The molecule has 214 valence electrons. The smallest absolute Gasteiger partial charge is 0.324 e. The van der Waals surface area contributed by atoms with Crippen molar-refractivity contribution in [3.05, 3.63) is 104 Å². The number of hydrogen-bond acceptors (Lipinski definition) is 9. The summed E-state index contributed by atoms with van der Waals surface area (Å²) in [5.41, 5.74) is 2.74. The van der Waals surface area contributed by atoms with Crippen LogP contribution in [-0.4, -0.2) is 44.6 Å². The zero-order chi connectivity index (χ0) is 30.2. The third-order valence-electron chi connectivity index (χ3n) is 5.88. The first-order chi connectivity index (χ1) is 20.2. The summed E-state index contributed by atoms with van der Waals surface area (Å²) in [6, 6.07) is 15.7. The zero-order valence-corrected chi connectivity index (χ0v) is 23.4. The number of nitrogens with zero attached hydrogens (tertiary/aromatic N) is 5. The number of amides is 1. The number of carbonyl (C=O) groups is 1. The fraction of sp³-hybridized carbons (Fsp3) is 0.172. The number of rotatable bonds is 11. The maximum Gasteiger partial charge on any atom is 0.324 e. The number of carbonyl (C=O) groups excluding carboxylic acids is 1. The molecule has 0 aliphatic rings. The van der Waals surface area contributed by atoms with E-state index in [2.05, 4.69) is 16.5 Å². The molecule has 0 aliphatic heterocycles. The van der Waals surface area contributed by atoms with Crippen molar-refractivity contribution in [3.63, 3.8) is 0 Å². The third-order valence-corrected chi connectivity index (χ3v) is 6.91. The molecule has 11 nitrogen and oxygen atoms in total. The summed E-state index contributed by atoms with van der Waals surface area (Å²) < 4.78 is 21.1. The van der Waals surface area contributed by atoms with E-state index in [1.165, 1.54) is 41.2 Å². The average molecular weight is 589 g/mol. The quantitative estimate of drug-likeness (QED) is 0.132. The van der Waals surface area contributed by atoms with E-state index < -0.39 is 16.6 Å². The van der Waals surface area contributed by atoms with E-state index in [1.807, 2.05) is 6.92 Å². The van der Waals surface area contributed by atoms with E-state index in [-0.39, 0.29) is 28.8 Å². The number of nitro groups is 1. The first kappa shape index (κ1) is 29.8. The SMILES string of the molecule is CC/C=C(\NC(=O)c1ccc([N+](=O)[O-])s1)c1cnn(-c2cccc(C#N)c2)c1/N=C(\C)c1ccc(F)c(OCCO)c1. The zero-order valence-electron chi connectivity index (χ0n) is 22.6. The van der Waals surface area contributed by atoms with Gasteiger partial charge in [-0.05, 0) is 61.4 Å². The highest BCUT2D eigenvalue weighted by atomic mass is 32.1. The van der Waals surface area contributed by atoms with Crippen molar-refractivity contribution in [2.75, 3.05) is 13.2 Å². The van der Waals surface area contributed by atoms with Crippen LogP contribution in [0.25, 0.3) is 11.4 Å². The molecule has 0 radical (unpaired) electrons. The van der Waals surface area contributed by atoms with Gasteiger partial charge in [0.2, 0.25) is 0 Å². The second-order valence-electron chi connectivity index (χ2n) is 8.75. The number of thiophene rings is 1. The summed E-state index contributed by atoms with van der Waals surface area (Å²) in [7, 11) is 0. The van der Waals surface area contributed by atoms with Gasteiger partial charge in [-0.15, -0.1) is 0 Å². The van der Waals surface area contributed by atoms with E-state index in [1.54, 1.807) is 37.3 Å². The minimum atomic E-state index is -0.594. The Morgan fingerprint density at radius 2 is 2.12 bits per heavy atom. The number of aliphatic imine (C=N–C) groups is 1. The molecule has 4 rings (SSSR count). The fourth-order valence-electron chi connectivity index (χ4n) is 3.92. The highest BCUT2D eigenvalue weighted by molar-refractivity contribution is 7.17. The van der Waals surface area contributed by atoms with Crippen LogP contribution >= 0.6 is 11.3 Å². The molecule has 2 N–H and O–H groups in total. The molecule has 0 atom stereocenters. The number of ether oxygens (including phenoxy) is 1. The van der Waals surface area contributed by atoms with Crippen LogP contribution in [0, 0.1) is 27.3 Å².